The van der Waals surface area contributed by atoms with Gasteiger partial charge in [0.05, 0.1) is 16.8 Å². The van der Waals surface area contributed by atoms with Crippen LogP contribution in [0.3, 0.4) is 0 Å². The summed E-state index contributed by atoms with van der Waals surface area (Å²) >= 11 is 1.67. The van der Waals surface area contributed by atoms with Crippen molar-refractivity contribution in [3.8, 4) is 0 Å². The molecule has 4 aromatic rings. The first-order valence-corrected chi connectivity index (χ1v) is 10.0. The van der Waals surface area contributed by atoms with Gasteiger partial charge in [-0.2, -0.15) is 5.10 Å². The third kappa shape index (κ3) is 4.41. The minimum atomic E-state index is -0.0745. The van der Waals surface area contributed by atoms with Gasteiger partial charge >= 0.3 is 0 Å². The summed E-state index contributed by atoms with van der Waals surface area (Å²) in [4.78, 5) is 17.7. The summed E-state index contributed by atoms with van der Waals surface area (Å²) in [6, 6.07) is 16.1. The van der Waals surface area contributed by atoms with Crippen LogP contribution in [-0.2, 0) is 11.8 Å². The second kappa shape index (κ2) is 7.97. The largest absolute Gasteiger partial charge is 0.354 e. The van der Waals surface area contributed by atoms with E-state index in [0.717, 1.165) is 32.2 Å². The Labute approximate surface area is 173 Å². The maximum absolute atomic E-state index is 11.2. The Morgan fingerprint density at radius 2 is 1.86 bits per heavy atom. The normalized spacial score (nSPS) is 10.9. The molecule has 0 aliphatic rings. The van der Waals surface area contributed by atoms with Crippen molar-refractivity contribution in [3.05, 3.63) is 66.5 Å². The van der Waals surface area contributed by atoms with Crippen LogP contribution in [0.2, 0.25) is 0 Å². The SMILES string of the molecule is CC(=O)Nc1ccc(Sc2ccc(C)cc2Nc2ccnc3nn(C)cc23)cc1. The van der Waals surface area contributed by atoms with Crippen LogP contribution in [0.1, 0.15) is 12.5 Å². The van der Waals surface area contributed by atoms with Crippen molar-refractivity contribution in [2.45, 2.75) is 23.6 Å². The zero-order valence-electron chi connectivity index (χ0n) is 16.4. The van der Waals surface area contributed by atoms with Crippen LogP contribution >= 0.6 is 11.8 Å². The van der Waals surface area contributed by atoms with E-state index >= 15 is 0 Å². The number of aromatic nitrogens is 3. The summed E-state index contributed by atoms with van der Waals surface area (Å²) in [6.07, 6.45) is 3.73. The molecule has 0 bridgehead atoms. The summed E-state index contributed by atoms with van der Waals surface area (Å²) in [6.45, 7) is 3.58. The maximum atomic E-state index is 11.2. The number of hydrogen-bond donors (Lipinski definition) is 2. The number of benzene rings is 2. The molecule has 0 unspecified atom stereocenters. The first kappa shape index (κ1) is 19.0. The summed E-state index contributed by atoms with van der Waals surface area (Å²) in [5.41, 5.74) is 4.68. The molecule has 0 aliphatic carbocycles. The molecule has 29 heavy (non-hydrogen) atoms. The van der Waals surface area contributed by atoms with E-state index in [2.05, 4.69) is 45.8 Å². The molecule has 2 heterocycles. The summed E-state index contributed by atoms with van der Waals surface area (Å²) in [5, 5.41) is 11.7. The van der Waals surface area contributed by atoms with Gasteiger partial charge in [-0.05, 0) is 55.0 Å². The number of hydrogen-bond acceptors (Lipinski definition) is 5. The summed E-state index contributed by atoms with van der Waals surface area (Å²) in [5.74, 6) is -0.0745. The second-order valence-corrected chi connectivity index (χ2v) is 7.95. The molecule has 2 aromatic heterocycles. The van der Waals surface area contributed by atoms with Crippen molar-refractivity contribution >= 4 is 45.8 Å². The molecular weight excluding hydrogens is 382 g/mol. The number of nitrogens with one attached hydrogen (secondary N) is 2. The van der Waals surface area contributed by atoms with E-state index in [1.807, 2.05) is 43.6 Å². The third-order valence-electron chi connectivity index (χ3n) is 4.34. The number of fused-ring (bicyclic) bond motifs is 1. The van der Waals surface area contributed by atoms with Gasteiger partial charge in [-0.15, -0.1) is 0 Å². The molecule has 0 saturated heterocycles. The van der Waals surface area contributed by atoms with E-state index in [4.69, 9.17) is 0 Å². The summed E-state index contributed by atoms with van der Waals surface area (Å²) in [7, 11) is 1.89. The highest BCUT2D eigenvalue weighted by molar-refractivity contribution is 7.99. The number of carbonyl (C=O) groups is 1. The Bertz CT molecular complexity index is 1180. The van der Waals surface area contributed by atoms with E-state index in [1.165, 1.54) is 12.5 Å². The van der Waals surface area contributed by atoms with E-state index in [1.54, 1.807) is 22.6 Å². The lowest BCUT2D eigenvalue weighted by Gasteiger charge is -2.14. The topological polar surface area (TPSA) is 71.8 Å². The van der Waals surface area contributed by atoms with Crippen molar-refractivity contribution in [1.29, 1.82) is 0 Å². The average molecular weight is 404 g/mol. The molecule has 0 fully saturated rings. The van der Waals surface area contributed by atoms with Crippen LogP contribution < -0.4 is 10.6 Å². The fourth-order valence-electron chi connectivity index (χ4n) is 3.06. The lowest BCUT2D eigenvalue weighted by Crippen LogP contribution is -2.05. The molecule has 0 radical (unpaired) electrons. The smallest absolute Gasteiger partial charge is 0.221 e. The lowest BCUT2D eigenvalue weighted by molar-refractivity contribution is -0.114. The quantitative estimate of drug-likeness (QED) is 0.483. The van der Waals surface area contributed by atoms with E-state index in [9.17, 15) is 4.79 Å². The minimum Gasteiger partial charge on any atom is -0.354 e. The van der Waals surface area contributed by atoms with Crippen LogP contribution in [0.5, 0.6) is 0 Å². The van der Waals surface area contributed by atoms with Crippen molar-refractivity contribution in [2.24, 2.45) is 7.05 Å². The molecule has 0 atom stereocenters. The minimum absolute atomic E-state index is 0.0745. The molecule has 7 heteroatoms. The van der Waals surface area contributed by atoms with Gasteiger partial charge in [-0.3, -0.25) is 9.48 Å². The fourth-order valence-corrected chi connectivity index (χ4v) is 3.94. The molecule has 4 rings (SSSR count). The van der Waals surface area contributed by atoms with Crippen molar-refractivity contribution < 1.29 is 4.79 Å². The molecule has 2 N–H and O–H groups in total. The molecule has 1 amide bonds. The van der Waals surface area contributed by atoms with Gasteiger partial charge in [0.25, 0.3) is 0 Å². The third-order valence-corrected chi connectivity index (χ3v) is 5.43. The van der Waals surface area contributed by atoms with Crippen molar-refractivity contribution in [1.82, 2.24) is 14.8 Å². The van der Waals surface area contributed by atoms with Gasteiger partial charge in [-0.25, -0.2) is 4.98 Å². The number of amides is 1. The predicted molar refractivity (Wildman–Crippen MR) is 118 cm³/mol. The van der Waals surface area contributed by atoms with Gasteiger partial charge in [0.15, 0.2) is 5.65 Å². The Balaban J connectivity index is 1.63. The van der Waals surface area contributed by atoms with Crippen LogP contribution in [0.4, 0.5) is 17.1 Å². The standard InChI is InChI=1S/C22H21N5OS/c1-14-4-9-21(29-17-7-5-16(6-8-17)24-15(2)28)20(12-14)25-19-10-11-23-22-18(19)13-27(3)26-22/h4-13,25H,1-3H3,(H,24,28). The highest BCUT2D eigenvalue weighted by Gasteiger charge is 2.10. The Hall–Kier alpha value is -3.32. The van der Waals surface area contributed by atoms with Crippen LogP contribution in [0.15, 0.2) is 70.7 Å². The molecule has 2 aromatic carbocycles. The number of carbonyl (C=O) groups excluding carboxylic acids is 1. The van der Waals surface area contributed by atoms with Crippen LogP contribution in [0, 0.1) is 6.92 Å². The molecule has 146 valence electrons. The zero-order chi connectivity index (χ0) is 20.4. The molecule has 0 saturated carbocycles. The van der Waals surface area contributed by atoms with Crippen LogP contribution in [0.25, 0.3) is 11.0 Å². The van der Waals surface area contributed by atoms with Gasteiger partial charge in [0.2, 0.25) is 5.91 Å². The molecule has 0 spiro atoms. The summed E-state index contributed by atoms with van der Waals surface area (Å²) < 4.78 is 1.77. The van der Waals surface area contributed by atoms with E-state index < -0.39 is 0 Å². The highest BCUT2D eigenvalue weighted by atomic mass is 32.2. The number of nitrogens with zero attached hydrogens (tertiary/aromatic N) is 3. The second-order valence-electron chi connectivity index (χ2n) is 6.83. The first-order chi connectivity index (χ1) is 14.0. The predicted octanol–water partition coefficient (Wildman–Crippen LogP) is 5.13. The number of pyridine rings is 1. The maximum Gasteiger partial charge on any atom is 0.221 e. The average Bonchev–Trinajstić information content (AvgIpc) is 3.06. The van der Waals surface area contributed by atoms with E-state index in [-0.39, 0.29) is 5.91 Å². The molecule has 0 aliphatic heterocycles. The monoisotopic (exact) mass is 403 g/mol. The van der Waals surface area contributed by atoms with Crippen molar-refractivity contribution in [3.63, 3.8) is 0 Å². The number of aryl methyl sites for hydroxylation is 2. The van der Waals surface area contributed by atoms with Crippen LogP contribution in [-0.4, -0.2) is 20.7 Å². The van der Waals surface area contributed by atoms with Gasteiger partial charge < -0.3 is 10.6 Å². The van der Waals surface area contributed by atoms with E-state index in [0.29, 0.717) is 5.65 Å². The number of rotatable bonds is 5. The Morgan fingerprint density at radius 3 is 2.62 bits per heavy atom. The van der Waals surface area contributed by atoms with Crippen molar-refractivity contribution in [2.75, 3.05) is 10.6 Å². The first-order valence-electron chi connectivity index (χ1n) is 9.19. The highest BCUT2D eigenvalue weighted by Crippen LogP contribution is 2.37. The van der Waals surface area contributed by atoms with Gasteiger partial charge in [0.1, 0.15) is 0 Å². The molecule has 6 nitrogen and oxygen atoms in total. The van der Waals surface area contributed by atoms with Gasteiger partial charge in [-0.1, -0.05) is 17.8 Å². The fraction of sp³-hybridized carbons (Fsp3) is 0.136. The van der Waals surface area contributed by atoms with Gasteiger partial charge in [0, 0.05) is 41.8 Å². The number of anilines is 3. The lowest BCUT2D eigenvalue weighted by atomic mass is 10.2. The Morgan fingerprint density at radius 1 is 1.07 bits per heavy atom. The zero-order valence-corrected chi connectivity index (χ0v) is 17.2. The Kier molecular flexibility index (Phi) is 5.22. The molecular formula is C22H21N5OS.